The van der Waals surface area contributed by atoms with Gasteiger partial charge in [0.25, 0.3) is 0 Å². The van der Waals surface area contributed by atoms with Crippen LogP contribution in [0.1, 0.15) is 15.3 Å². The summed E-state index contributed by atoms with van der Waals surface area (Å²) in [5.74, 6) is 0. The van der Waals surface area contributed by atoms with E-state index in [0.717, 1.165) is 13.8 Å². The number of hydrogen-bond acceptors (Lipinski definition) is 6. The van der Waals surface area contributed by atoms with Gasteiger partial charge in [0.05, 0.1) is 0 Å². The Kier molecular flexibility index (Phi) is 7.29. The fourth-order valence-corrected chi connectivity index (χ4v) is 1.62. The Balaban J connectivity index is -0.000000845. The van der Waals surface area contributed by atoms with Crippen molar-refractivity contribution in [3.05, 3.63) is 0 Å². The first-order valence-electron chi connectivity index (χ1n) is 3.32. The summed E-state index contributed by atoms with van der Waals surface area (Å²) in [7, 11) is -9.36. The van der Waals surface area contributed by atoms with Gasteiger partial charge in [-0.25, -0.2) is 8.37 Å². The van der Waals surface area contributed by atoms with E-state index in [1.807, 2.05) is 0 Å². The van der Waals surface area contributed by atoms with Gasteiger partial charge in [0.1, 0.15) is 12.2 Å². The molecule has 0 aliphatic carbocycles. The van der Waals surface area contributed by atoms with Crippen molar-refractivity contribution in [2.45, 2.75) is 26.1 Å². The molecule has 0 saturated heterocycles. The molecule has 2 N–H and O–H groups in total. The first-order chi connectivity index (χ1) is 6.01. The van der Waals surface area contributed by atoms with Gasteiger partial charge in [0, 0.05) is 0 Å². The molecule has 0 radical (unpaired) electrons. The zero-order valence-electron chi connectivity index (χ0n) is 9.32. The molecule has 0 aromatic heterocycles. The molecule has 2 atom stereocenters. The molecule has 0 aliphatic heterocycles. The average Bonchev–Trinajstić information content (AvgIpc) is 1.78. The largest absolute Gasteiger partial charge is 1.00 e. The van der Waals surface area contributed by atoms with E-state index >= 15 is 0 Å². The zero-order valence-corrected chi connectivity index (χ0v) is 9.95. The third kappa shape index (κ3) is 10.6. The van der Waals surface area contributed by atoms with E-state index in [0.29, 0.717) is 0 Å². The summed E-state index contributed by atoms with van der Waals surface area (Å²) < 4.78 is 65.1. The summed E-state index contributed by atoms with van der Waals surface area (Å²) in [5, 5.41) is 0. The van der Waals surface area contributed by atoms with Crippen molar-refractivity contribution in [3.63, 3.8) is 0 Å². The van der Waals surface area contributed by atoms with Crippen LogP contribution in [0.3, 0.4) is 0 Å². The fraction of sp³-hybridized carbons (Fsp3) is 1.00. The van der Waals surface area contributed by atoms with Crippen LogP contribution < -0.4 is 18.9 Å². The van der Waals surface area contributed by atoms with E-state index in [-0.39, 0.29) is 20.3 Å². The third-order valence-corrected chi connectivity index (χ3v) is 2.30. The van der Waals surface area contributed by atoms with Gasteiger partial charge in [-0.05, 0) is 13.8 Å². The molecule has 0 rings (SSSR count). The number of hydrogen-bond donors (Lipinski definition) is 2. The van der Waals surface area contributed by atoms with Crippen LogP contribution in [0.15, 0.2) is 0 Å². The van der Waals surface area contributed by atoms with Gasteiger partial charge >= 0.3 is 39.7 Å². The summed E-state index contributed by atoms with van der Waals surface area (Å²) in [5.41, 5.74) is 0. The van der Waals surface area contributed by atoms with Crippen LogP contribution >= 0.6 is 0 Å². The smallest absolute Gasteiger partial charge is 1.00 e. The molecule has 2 unspecified atom stereocenters. The summed E-state index contributed by atoms with van der Waals surface area (Å²) >= 11 is 0. The van der Waals surface area contributed by atoms with Crippen LogP contribution in [0.2, 0.25) is 0 Å². The van der Waals surface area contributed by atoms with Crippen LogP contribution in [0.25, 0.3) is 0 Å². The molecule has 8 nitrogen and oxygen atoms in total. The normalized spacial score (nSPS) is 16.5. The Bertz CT molecular complexity index is 339. The van der Waals surface area contributed by atoms with E-state index in [2.05, 4.69) is 8.37 Å². The maximum Gasteiger partial charge on any atom is 1.00 e. The molecule has 15 heavy (non-hydrogen) atoms. The van der Waals surface area contributed by atoms with Crippen molar-refractivity contribution >= 4 is 20.8 Å². The minimum atomic E-state index is -4.68. The predicted molar refractivity (Wildman–Crippen MR) is 45.3 cm³/mol. The van der Waals surface area contributed by atoms with Crippen molar-refractivity contribution in [3.8, 4) is 0 Å². The first-order valence-corrected chi connectivity index (χ1v) is 6.05. The van der Waals surface area contributed by atoms with Gasteiger partial charge in [-0.3, -0.25) is 9.11 Å². The van der Waals surface area contributed by atoms with Crippen LogP contribution in [-0.4, -0.2) is 38.1 Å². The van der Waals surface area contributed by atoms with E-state index < -0.39 is 33.0 Å². The van der Waals surface area contributed by atoms with E-state index in [1.54, 1.807) is 0 Å². The molecular weight excluding hydrogens is 247 g/mol. The molecule has 0 fully saturated rings. The van der Waals surface area contributed by atoms with E-state index in [1.165, 1.54) is 0 Å². The molecule has 88 valence electrons. The minimum absolute atomic E-state index is 0. The molecule has 0 spiro atoms. The van der Waals surface area contributed by atoms with Gasteiger partial charge in [0.15, 0.2) is 0 Å². The van der Waals surface area contributed by atoms with Gasteiger partial charge in [0.2, 0.25) is 0 Å². The Morgan fingerprint density at radius 1 is 0.933 bits per heavy atom. The summed E-state index contributed by atoms with van der Waals surface area (Å²) in [6.45, 7) is 2.28. The first kappa shape index (κ1) is 17.7. The van der Waals surface area contributed by atoms with Crippen LogP contribution in [0.4, 0.5) is 0 Å². The van der Waals surface area contributed by atoms with Gasteiger partial charge in [-0.15, -0.1) is 0 Å². The second kappa shape index (κ2) is 6.17. The Labute approximate surface area is 102 Å². The predicted octanol–water partition coefficient (Wildman–Crippen LogP) is -3.48. The van der Waals surface area contributed by atoms with Crippen LogP contribution in [-0.2, 0) is 29.2 Å². The Morgan fingerprint density at radius 3 is 1.27 bits per heavy atom. The van der Waals surface area contributed by atoms with Crippen molar-refractivity contribution in [2.75, 3.05) is 0 Å². The standard InChI is InChI=1S/C4H10O8S2.Li.H/c1-3(11-13(5,6)7)4(2)12-14(8,9)10;;/h3-4H,1-2H3,(H,5,6,7)(H,8,9,10);;/q;+1;-1. The van der Waals surface area contributed by atoms with Crippen molar-refractivity contribution in [2.24, 2.45) is 0 Å². The topological polar surface area (TPSA) is 127 Å². The van der Waals surface area contributed by atoms with Crippen molar-refractivity contribution < 1.29 is 54.6 Å². The SMILES string of the molecule is CC(OS(=O)(=O)O)C(C)OS(=O)(=O)O.[H-].[Li+]. The molecule has 0 amide bonds. The molecule has 0 aliphatic rings. The molecule has 0 heterocycles. The molecule has 0 bridgehead atoms. The average molecular weight is 258 g/mol. The zero-order chi connectivity index (χ0) is 11.6. The summed E-state index contributed by atoms with van der Waals surface area (Å²) in [6.07, 6.45) is -2.51. The monoisotopic (exact) mass is 258 g/mol. The van der Waals surface area contributed by atoms with Crippen molar-refractivity contribution in [1.29, 1.82) is 0 Å². The van der Waals surface area contributed by atoms with Gasteiger partial charge in [-0.1, -0.05) is 0 Å². The van der Waals surface area contributed by atoms with Crippen LogP contribution in [0.5, 0.6) is 0 Å². The maximum atomic E-state index is 10.2. The number of rotatable bonds is 5. The fourth-order valence-electron chi connectivity index (χ4n) is 0.540. The maximum absolute atomic E-state index is 10.2. The minimum Gasteiger partial charge on any atom is -1.00 e. The molecular formula is C4H11LiO8S2. The molecule has 11 heteroatoms. The van der Waals surface area contributed by atoms with Gasteiger partial charge < -0.3 is 1.43 Å². The van der Waals surface area contributed by atoms with E-state index in [4.69, 9.17) is 9.11 Å². The van der Waals surface area contributed by atoms with Crippen LogP contribution in [0, 0.1) is 0 Å². The summed E-state index contributed by atoms with van der Waals surface area (Å²) in [4.78, 5) is 0. The third-order valence-electron chi connectivity index (χ3n) is 1.21. The van der Waals surface area contributed by atoms with E-state index in [9.17, 15) is 16.8 Å². The molecule has 0 saturated carbocycles. The Hall–Kier alpha value is 0.337. The molecule has 0 aromatic carbocycles. The second-order valence-electron chi connectivity index (χ2n) is 2.46. The van der Waals surface area contributed by atoms with Crippen molar-refractivity contribution in [1.82, 2.24) is 0 Å². The van der Waals surface area contributed by atoms with Gasteiger partial charge in [-0.2, -0.15) is 16.8 Å². The Morgan fingerprint density at radius 2 is 1.13 bits per heavy atom. The second-order valence-corrected chi connectivity index (χ2v) is 4.55. The summed E-state index contributed by atoms with van der Waals surface area (Å²) in [6, 6.07) is 0. The quantitative estimate of drug-likeness (QED) is 0.384. The molecule has 0 aromatic rings.